The summed E-state index contributed by atoms with van der Waals surface area (Å²) in [5, 5.41) is 1.13. The van der Waals surface area contributed by atoms with Gasteiger partial charge in [0, 0.05) is 5.69 Å². The van der Waals surface area contributed by atoms with Crippen molar-refractivity contribution in [3.63, 3.8) is 0 Å². The van der Waals surface area contributed by atoms with E-state index in [2.05, 4.69) is 32.8 Å². The highest BCUT2D eigenvalue weighted by Crippen LogP contribution is 2.11. The number of pyridine rings is 1. The number of rotatable bonds is 0. The number of hydrogen-bond acceptors (Lipinski definition) is 1. The molecular formula is C9H7BrClN. The van der Waals surface area contributed by atoms with Crippen LogP contribution >= 0.6 is 27.5 Å². The van der Waals surface area contributed by atoms with Gasteiger partial charge >= 0.3 is 0 Å². The van der Waals surface area contributed by atoms with Crippen LogP contribution in [0, 0.1) is 18.8 Å². The van der Waals surface area contributed by atoms with Crippen molar-refractivity contribution >= 4 is 27.5 Å². The number of alkyl halides is 1. The first kappa shape index (κ1) is 9.57. The average molecular weight is 245 g/mol. The molecule has 62 valence electrons. The first-order valence-corrected chi connectivity index (χ1v) is 4.92. The molecule has 0 saturated carbocycles. The van der Waals surface area contributed by atoms with Crippen molar-refractivity contribution < 1.29 is 0 Å². The van der Waals surface area contributed by atoms with E-state index in [0.717, 1.165) is 11.3 Å². The summed E-state index contributed by atoms with van der Waals surface area (Å²) in [5.74, 6) is 5.77. The quantitative estimate of drug-likeness (QED) is 0.388. The maximum absolute atomic E-state index is 5.84. The SMILES string of the molecule is Cc1ccc(C#CCBr)c(Cl)n1. The minimum atomic E-state index is 0.475. The van der Waals surface area contributed by atoms with E-state index in [9.17, 15) is 0 Å². The molecule has 0 amide bonds. The zero-order valence-electron chi connectivity index (χ0n) is 6.56. The highest BCUT2D eigenvalue weighted by Gasteiger charge is 1.96. The molecule has 0 fully saturated rings. The number of aromatic nitrogens is 1. The van der Waals surface area contributed by atoms with E-state index in [4.69, 9.17) is 11.6 Å². The number of aryl methyl sites for hydroxylation is 1. The highest BCUT2D eigenvalue weighted by molar-refractivity contribution is 9.09. The van der Waals surface area contributed by atoms with Crippen LogP contribution in [0.4, 0.5) is 0 Å². The maximum atomic E-state index is 5.84. The average Bonchev–Trinajstić information content (AvgIpc) is 2.03. The Labute approximate surface area is 85.3 Å². The van der Waals surface area contributed by atoms with Crippen molar-refractivity contribution in [2.24, 2.45) is 0 Å². The summed E-state index contributed by atoms with van der Waals surface area (Å²) in [4.78, 5) is 4.07. The van der Waals surface area contributed by atoms with E-state index in [1.807, 2.05) is 19.1 Å². The largest absolute Gasteiger partial charge is 0.240 e. The lowest BCUT2D eigenvalue weighted by Gasteiger charge is -1.95. The summed E-state index contributed by atoms with van der Waals surface area (Å²) < 4.78 is 0. The Morgan fingerprint density at radius 2 is 2.33 bits per heavy atom. The van der Waals surface area contributed by atoms with Crippen molar-refractivity contribution in [1.29, 1.82) is 0 Å². The summed E-state index contributed by atoms with van der Waals surface area (Å²) in [7, 11) is 0. The van der Waals surface area contributed by atoms with Crippen LogP contribution in [0.5, 0.6) is 0 Å². The second kappa shape index (κ2) is 4.49. The number of halogens is 2. The first-order chi connectivity index (χ1) is 5.74. The fraction of sp³-hybridized carbons (Fsp3) is 0.222. The van der Waals surface area contributed by atoms with E-state index in [1.54, 1.807) is 0 Å². The molecule has 1 heterocycles. The van der Waals surface area contributed by atoms with Crippen molar-refractivity contribution in [1.82, 2.24) is 4.98 Å². The molecule has 0 aliphatic rings. The molecule has 1 aromatic rings. The van der Waals surface area contributed by atoms with Gasteiger partial charge in [-0.05, 0) is 19.1 Å². The van der Waals surface area contributed by atoms with E-state index >= 15 is 0 Å². The Kier molecular flexibility index (Phi) is 3.58. The lowest BCUT2D eigenvalue weighted by Crippen LogP contribution is -1.85. The molecule has 1 aromatic heterocycles. The Balaban J connectivity index is 3.01. The zero-order valence-corrected chi connectivity index (χ0v) is 8.91. The Hall–Kier alpha value is -0.520. The second-order valence-electron chi connectivity index (χ2n) is 2.23. The molecule has 0 aliphatic heterocycles. The van der Waals surface area contributed by atoms with Crippen LogP contribution in [0.3, 0.4) is 0 Å². The molecule has 0 atom stereocenters. The van der Waals surface area contributed by atoms with Crippen LogP contribution in [0.15, 0.2) is 12.1 Å². The fourth-order valence-corrected chi connectivity index (χ4v) is 1.13. The molecule has 0 saturated heterocycles. The Morgan fingerprint density at radius 3 is 2.92 bits per heavy atom. The van der Waals surface area contributed by atoms with Gasteiger partial charge in [0.25, 0.3) is 0 Å². The van der Waals surface area contributed by atoms with Crippen molar-refractivity contribution in [2.45, 2.75) is 6.92 Å². The van der Waals surface area contributed by atoms with Crippen LogP contribution in [0.1, 0.15) is 11.3 Å². The van der Waals surface area contributed by atoms with Crippen LogP contribution in [-0.2, 0) is 0 Å². The van der Waals surface area contributed by atoms with Gasteiger partial charge in [0.1, 0.15) is 5.15 Å². The van der Waals surface area contributed by atoms with Gasteiger partial charge in [0.2, 0.25) is 0 Å². The standard InChI is InChI=1S/C9H7BrClN/c1-7-4-5-8(3-2-6-10)9(11)12-7/h4-5H,6H2,1H3. The van der Waals surface area contributed by atoms with Gasteiger partial charge < -0.3 is 0 Å². The van der Waals surface area contributed by atoms with Crippen molar-refractivity contribution in [2.75, 3.05) is 5.33 Å². The molecule has 0 N–H and O–H groups in total. The van der Waals surface area contributed by atoms with Gasteiger partial charge in [0.15, 0.2) is 0 Å². The first-order valence-electron chi connectivity index (χ1n) is 3.42. The minimum absolute atomic E-state index is 0.475. The summed E-state index contributed by atoms with van der Waals surface area (Å²) in [5.41, 5.74) is 1.69. The van der Waals surface area contributed by atoms with Crippen LogP contribution in [0.25, 0.3) is 0 Å². The smallest absolute Gasteiger partial charge is 0.144 e. The summed E-state index contributed by atoms with van der Waals surface area (Å²) in [6.45, 7) is 1.90. The zero-order chi connectivity index (χ0) is 8.97. The van der Waals surface area contributed by atoms with Crippen molar-refractivity contribution in [3.05, 3.63) is 28.5 Å². The van der Waals surface area contributed by atoms with Gasteiger partial charge in [-0.1, -0.05) is 39.4 Å². The summed E-state index contributed by atoms with van der Waals surface area (Å²) in [6, 6.07) is 3.77. The normalized spacial score (nSPS) is 8.92. The molecular weight excluding hydrogens is 237 g/mol. The fourth-order valence-electron chi connectivity index (χ4n) is 0.747. The highest BCUT2D eigenvalue weighted by atomic mass is 79.9. The predicted molar refractivity (Wildman–Crippen MR) is 54.7 cm³/mol. The van der Waals surface area contributed by atoms with E-state index in [1.165, 1.54) is 0 Å². The van der Waals surface area contributed by atoms with Gasteiger partial charge in [-0.15, -0.1) is 0 Å². The molecule has 0 bridgehead atoms. The molecule has 0 radical (unpaired) electrons. The van der Waals surface area contributed by atoms with Crippen molar-refractivity contribution in [3.8, 4) is 11.8 Å². The van der Waals surface area contributed by atoms with Gasteiger partial charge in [-0.25, -0.2) is 4.98 Å². The molecule has 12 heavy (non-hydrogen) atoms. The topological polar surface area (TPSA) is 12.9 Å². The summed E-state index contributed by atoms with van der Waals surface area (Å²) >= 11 is 9.05. The van der Waals surface area contributed by atoms with Gasteiger partial charge in [0.05, 0.1) is 10.9 Å². The summed E-state index contributed by atoms with van der Waals surface area (Å²) in [6.07, 6.45) is 0. The molecule has 3 heteroatoms. The molecule has 0 aromatic carbocycles. The van der Waals surface area contributed by atoms with Gasteiger partial charge in [-0.3, -0.25) is 0 Å². The predicted octanol–water partition coefficient (Wildman–Crippen LogP) is 2.79. The van der Waals surface area contributed by atoms with Crippen LogP contribution < -0.4 is 0 Å². The minimum Gasteiger partial charge on any atom is -0.240 e. The van der Waals surface area contributed by atoms with Crippen LogP contribution in [-0.4, -0.2) is 10.3 Å². The Morgan fingerprint density at radius 1 is 1.58 bits per heavy atom. The third-order valence-electron chi connectivity index (χ3n) is 1.28. The van der Waals surface area contributed by atoms with E-state index in [-0.39, 0.29) is 0 Å². The molecule has 0 unspecified atom stereocenters. The molecule has 0 spiro atoms. The maximum Gasteiger partial charge on any atom is 0.144 e. The third kappa shape index (κ3) is 2.51. The Bertz CT molecular complexity index is 338. The molecule has 1 nitrogen and oxygen atoms in total. The van der Waals surface area contributed by atoms with Crippen LogP contribution in [0.2, 0.25) is 5.15 Å². The lowest BCUT2D eigenvalue weighted by molar-refractivity contribution is 1.19. The van der Waals surface area contributed by atoms with Gasteiger partial charge in [-0.2, -0.15) is 0 Å². The number of hydrogen-bond donors (Lipinski definition) is 0. The molecule has 0 aliphatic carbocycles. The third-order valence-corrected chi connectivity index (χ3v) is 1.85. The second-order valence-corrected chi connectivity index (χ2v) is 3.15. The van der Waals surface area contributed by atoms with E-state index in [0.29, 0.717) is 10.5 Å². The lowest BCUT2D eigenvalue weighted by atomic mass is 10.2. The number of nitrogens with zero attached hydrogens (tertiary/aromatic N) is 1. The molecule has 1 rings (SSSR count). The van der Waals surface area contributed by atoms with E-state index < -0.39 is 0 Å². The monoisotopic (exact) mass is 243 g/mol.